The number of rotatable bonds is 3. The fourth-order valence-electron chi connectivity index (χ4n) is 2.61. The molecule has 0 atom stereocenters. The first-order chi connectivity index (χ1) is 11.8. The highest BCUT2D eigenvalue weighted by molar-refractivity contribution is 5.79. The summed E-state index contributed by atoms with van der Waals surface area (Å²) >= 11 is 0. The van der Waals surface area contributed by atoms with Crippen molar-refractivity contribution in [2.75, 3.05) is 0 Å². The first-order valence-corrected chi connectivity index (χ1v) is 7.69. The van der Waals surface area contributed by atoms with Crippen LogP contribution in [-0.4, -0.2) is 4.98 Å². The lowest BCUT2D eigenvalue weighted by Crippen LogP contribution is -1.83. The highest BCUT2D eigenvalue weighted by atomic mass is 19.1. The molecule has 4 aromatic rings. The van der Waals surface area contributed by atoms with E-state index < -0.39 is 0 Å². The van der Waals surface area contributed by atoms with Gasteiger partial charge in [-0.05, 0) is 36.4 Å². The maximum absolute atomic E-state index is 13.2. The lowest BCUT2D eigenvalue weighted by Gasteiger charge is -2.01. The van der Waals surface area contributed by atoms with Crippen molar-refractivity contribution in [1.29, 1.82) is 0 Å². The van der Waals surface area contributed by atoms with Gasteiger partial charge in [0.25, 0.3) is 0 Å². The van der Waals surface area contributed by atoms with Gasteiger partial charge in [0.1, 0.15) is 11.5 Å². The van der Waals surface area contributed by atoms with Gasteiger partial charge in [-0.1, -0.05) is 48.5 Å². The molecule has 0 spiro atoms. The van der Waals surface area contributed by atoms with Crippen molar-refractivity contribution in [1.82, 2.24) is 4.98 Å². The zero-order chi connectivity index (χ0) is 16.4. The summed E-state index contributed by atoms with van der Waals surface area (Å²) in [6.45, 7) is 0. The normalized spacial score (nSPS) is 10.7. The molecule has 0 aliphatic carbocycles. The van der Waals surface area contributed by atoms with Crippen LogP contribution in [0, 0.1) is 5.82 Å². The Morgan fingerprint density at radius 2 is 1.21 bits per heavy atom. The molecular weight excluding hydrogens is 301 g/mol. The minimum Gasteiger partial charge on any atom is -0.435 e. The van der Waals surface area contributed by atoms with Gasteiger partial charge in [-0.15, -0.1) is 0 Å². The Kier molecular flexibility index (Phi) is 3.67. The van der Waals surface area contributed by atoms with E-state index in [1.807, 2.05) is 60.7 Å². The molecule has 2 nitrogen and oxygen atoms in total. The number of benzene rings is 3. The smallest absolute Gasteiger partial charge is 0.227 e. The molecule has 0 saturated carbocycles. The molecule has 4 rings (SSSR count). The Hall–Kier alpha value is -3.20. The molecule has 1 heterocycles. The van der Waals surface area contributed by atoms with E-state index in [-0.39, 0.29) is 5.82 Å². The molecule has 0 radical (unpaired) electrons. The summed E-state index contributed by atoms with van der Waals surface area (Å²) in [5, 5.41) is 0. The van der Waals surface area contributed by atoms with Crippen LogP contribution >= 0.6 is 0 Å². The van der Waals surface area contributed by atoms with Crippen LogP contribution in [0.15, 0.2) is 89.3 Å². The van der Waals surface area contributed by atoms with Crippen LogP contribution in [0.4, 0.5) is 4.39 Å². The highest BCUT2D eigenvalue weighted by Crippen LogP contribution is 2.35. The lowest BCUT2D eigenvalue weighted by atomic mass is 10.1. The van der Waals surface area contributed by atoms with Crippen molar-refractivity contribution >= 4 is 0 Å². The van der Waals surface area contributed by atoms with Crippen LogP contribution in [0.2, 0.25) is 0 Å². The number of oxazole rings is 1. The van der Waals surface area contributed by atoms with Gasteiger partial charge in [0.2, 0.25) is 5.89 Å². The molecule has 0 amide bonds. The Bertz CT molecular complexity index is 944. The second kappa shape index (κ2) is 6.13. The predicted molar refractivity (Wildman–Crippen MR) is 92.8 cm³/mol. The van der Waals surface area contributed by atoms with E-state index in [4.69, 9.17) is 4.42 Å². The SMILES string of the molecule is Fc1ccc(-c2oc(-c3ccccc3)nc2-c2ccccc2)cc1. The van der Waals surface area contributed by atoms with Crippen molar-refractivity contribution in [3.63, 3.8) is 0 Å². The third-order valence-corrected chi connectivity index (χ3v) is 3.80. The average molecular weight is 315 g/mol. The number of halogens is 1. The maximum Gasteiger partial charge on any atom is 0.227 e. The summed E-state index contributed by atoms with van der Waals surface area (Å²) < 4.78 is 19.3. The molecule has 3 heteroatoms. The number of aromatic nitrogens is 1. The zero-order valence-electron chi connectivity index (χ0n) is 12.8. The molecule has 1 aromatic heterocycles. The van der Waals surface area contributed by atoms with Crippen molar-refractivity contribution < 1.29 is 8.81 Å². The van der Waals surface area contributed by atoms with Gasteiger partial charge in [-0.3, -0.25) is 0 Å². The van der Waals surface area contributed by atoms with Crippen molar-refractivity contribution in [2.24, 2.45) is 0 Å². The van der Waals surface area contributed by atoms with Gasteiger partial charge in [-0.25, -0.2) is 9.37 Å². The van der Waals surface area contributed by atoms with Gasteiger partial charge in [-0.2, -0.15) is 0 Å². The van der Waals surface area contributed by atoms with Crippen LogP contribution in [-0.2, 0) is 0 Å². The quantitative estimate of drug-likeness (QED) is 0.476. The molecular formula is C21H14FNO. The van der Waals surface area contributed by atoms with Crippen LogP contribution in [0.25, 0.3) is 34.0 Å². The summed E-state index contributed by atoms with van der Waals surface area (Å²) in [6.07, 6.45) is 0. The lowest BCUT2D eigenvalue weighted by molar-refractivity contribution is 0.588. The number of hydrogen-bond donors (Lipinski definition) is 0. The average Bonchev–Trinajstić information content (AvgIpc) is 3.09. The van der Waals surface area contributed by atoms with Crippen molar-refractivity contribution in [3.8, 4) is 34.0 Å². The third kappa shape index (κ3) is 2.72. The number of nitrogens with zero attached hydrogens (tertiary/aromatic N) is 1. The van der Waals surface area contributed by atoms with Gasteiger partial charge in [0.05, 0.1) is 0 Å². The van der Waals surface area contributed by atoms with Crippen LogP contribution in [0.5, 0.6) is 0 Å². The van der Waals surface area contributed by atoms with Crippen LogP contribution in [0.3, 0.4) is 0 Å². The topological polar surface area (TPSA) is 26.0 Å². The van der Waals surface area contributed by atoms with E-state index in [0.29, 0.717) is 11.7 Å². The van der Waals surface area contributed by atoms with Crippen LogP contribution < -0.4 is 0 Å². The minimum absolute atomic E-state index is 0.275. The largest absolute Gasteiger partial charge is 0.435 e. The fourth-order valence-corrected chi connectivity index (χ4v) is 2.61. The van der Waals surface area contributed by atoms with E-state index in [1.54, 1.807) is 12.1 Å². The molecule has 3 aromatic carbocycles. The van der Waals surface area contributed by atoms with Crippen molar-refractivity contribution in [3.05, 3.63) is 90.7 Å². The molecule has 0 bridgehead atoms. The molecule has 0 aliphatic rings. The zero-order valence-corrected chi connectivity index (χ0v) is 12.8. The van der Waals surface area contributed by atoms with Gasteiger partial charge in [0, 0.05) is 16.7 Å². The minimum atomic E-state index is -0.275. The summed E-state index contributed by atoms with van der Waals surface area (Å²) in [6, 6.07) is 25.9. The third-order valence-electron chi connectivity index (χ3n) is 3.80. The summed E-state index contributed by atoms with van der Waals surface area (Å²) in [7, 11) is 0. The first kappa shape index (κ1) is 14.4. The molecule has 0 unspecified atom stereocenters. The van der Waals surface area contributed by atoms with Gasteiger partial charge in [0.15, 0.2) is 5.76 Å². The molecule has 0 N–H and O–H groups in total. The highest BCUT2D eigenvalue weighted by Gasteiger charge is 2.17. The summed E-state index contributed by atoms with van der Waals surface area (Å²) in [5.41, 5.74) is 3.41. The fraction of sp³-hybridized carbons (Fsp3) is 0. The van der Waals surface area contributed by atoms with E-state index in [1.165, 1.54) is 12.1 Å². The molecule has 116 valence electrons. The number of hydrogen-bond acceptors (Lipinski definition) is 2. The standard InChI is InChI=1S/C21H14FNO/c22-18-13-11-16(12-14-18)20-19(15-7-3-1-4-8-15)23-21(24-20)17-9-5-2-6-10-17/h1-14H. The van der Waals surface area contributed by atoms with Gasteiger partial charge < -0.3 is 4.42 Å². The Morgan fingerprint density at radius 1 is 0.625 bits per heavy atom. The Labute approximate surface area is 139 Å². The Balaban J connectivity index is 1.90. The second-order valence-corrected chi connectivity index (χ2v) is 5.44. The van der Waals surface area contributed by atoms with E-state index in [9.17, 15) is 4.39 Å². The van der Waals surface area contributed by atoms with E-state index in [0.717, 1.165) is 22.4 Å². The molecule has 0 saturated heterocycles. The van der Waals surface area contributed by atoms with E-state index in [2.05, 4.69) is 4.98 Å². The molecule has 0 fully saturated rings. The first-order valence-electron chi connectivity index (χ1n) is 7.69. The second-order valence-electron chi connectivity index (χ2n) is 5.44. The van der Waals surface area contributed by atoms with Crippen LogP contribution in [0.1, 0.15) is 0 Å². The monoisotopic (exact) mass is 315 g/mol. The summed E-state index contributed by atoms with van der Waals surface area (Å²) in [5.74, 6) is 0.914. The molecule has 0 aliphatic heterocycles. The van der Waals surface area contributed by atoms with Gasteiger partial charge >= 0.3 is 0 Å². The Morgan fingerprint density at radius 3 is 1.83 bits per heavy atom. The van der Waals surface area contributed by atoms with Crippen molar-refractivity contribution in [2.45, 2.75) is 0 Å². The molecule has 24 heavy (non-hydrogen) atoms. The summed E-state index contributed by atoms with van der Waals surface area (Å²) in [4.78, 5) is 4.69. The predicted octanol–water partition coefficient (Wildman–Crippen LogP) is 5.81. The maximum atomic E-state index is 13.2. The van der Waals surface area contributed by atoms with E-state index >= 15 is 0 Å².